The van der Waals surface area contributed by atoms with Gasteiger partial charge in [0.2, 0.25) is 5.91 Å². The van der Waals surface area contributed by atoms with Gasteiger partial charge in [0.25, 0.3) is 0 Å². The molecule has 0 aliphatic carbocycles. The average molecular weight is 308 g/mol. The largest absolute Gasteiger partial charge is 0.488 e. The van der Waals surface area contributed by atoms with Crippen LogP contribution in [-0.2, 0) is 9.53 Å². The van der Waals surface area contributed by atoms with Crippen LogP contribution in [0.2, 0.25) is 0 Å². The summed E-state index contributed by atoms with van der Waals surface area (Å²) >= 11 is 0. The van der Waals surface area contributed by atoms with Gasteiger partial charge in [-0.2, -0.15) is 0 Å². The van der Waals surface area contributed by atoms with Gasteiger partial charge in [-0.3, -0.25) is 9.69 Å². The van der Waals surface area contributed by atoms with E-state index in [4.69, 9.17) is 9.47 Å². The SMILES string of the molecule is C[C@@H]1CC(=O)N(CCN2CCOCC2)c2cc(F)ccc2O1. The number of nitrogens with zero attached hydrogens (tertiary/aromatic N) is 2. The standard InChI is InChI=1S/C16H21FN2O3/c1-12-10-16(20)19(5-4-18-6-8-21-9-7-18)14-11-13(17)2-3-15(14)22-12/h2-3,11-12H,4-10H2,1H3/t12-/m1/s1. The number of halogens is 1. The lowest BCUT2D eigenvalue weighted by molar-refractivity contribution is -0.119. The topological polar surface area (TPSA) is 42.0 Å². The van der Waals surface area contributed by atoms with E-state index in [1.807, 2.05) is 6.92 Å². The maximum Gasteiger partial charge on any atom is 0.230 e. The third-order valence-electron chi connectivity index (χ3n) is 4.05. The molecule has 2 aliphatic heterocycles. The van der Waals surface area contributed by atoms with Crippen LogP contribution in [-0.4, -0.2) is 56.3 Å². The molecule has 0 unspecified atom stereocenters. The van der Waals surface area contributed by atoms with Crippen LogP contribution in [0.15, 0.2) is 18.2 Å². The molecule has 2 aliphatic rings. The second-order valence-corrected chi connectivity index (χ2v) is 5.74. The number of carbonyl (C=O) groups excluding carboxylic acids is 1. The van der Waals surface area contributed by atoms with Crippen LogP contribution < -0.4 is 9.64 Å². The average Bonchev–Trinajstić information content (AvgIpc) is 2.61. The van der Waals surface area contributed by atoms with E-state index in [0.29, 0.717) is 24.4 Å². The predicted molar refractivity (Wildman–Crippen MR) is 80.7 cm³/mol. The maximum absolute atomic E-state index is 13.6. The van der Waals surface area contributed by atoms with E-state index in [0.717, 1.165) is 32.8 Å². The Hall–Kier alpha value is -1.66. The van der Waals surface area contributed by atoms with Gasteiger partial charge in [-0.05, 0) is 19.1 Å². The van der Waals surface area contributed by atoms with E-state index in [1.54, 1.807) is 11.0 Å². The number of hydrogen-bond acceptors (Lipinski definition) is 4. The van der Waals surface area contributed by atoms with Crippen LogP contribution in [0.25, 0.3) is 0 Å². The third-order valence-corrected chi connectivity index (χ3v) is 4.05. The zero-order valence-corrected chi connectivity index (χ0v) is 12.8. The molecule has 0 radical (unpaired) electrons. The molecule has 0 spiro atoms. The van der Waals surface area contributed by atoms with Crippen molar-refractivity contribution in [3.63, 3.8) is 0 Å². The van der Waals surface area contributed by atoms with Crippen LogP contribution in [0.1, 0.15) is 13.3 Å². The fourth-order valence-corrected chi connectivity index (χ4v) is 2.86. The van der Waals surface area contributed by atoms with Crippen molar-refractivity contribution in [1.29, 1.82) is 0 Å². The fraction of sp³-hybridized carbons (Fsp3) is 0.562. The van der Waals surface area contributed by atoms with E-state index in [9.17, 15) is 9.18 Å². The Morgan fingerprint density at radius 1 is 1.27 bits per heavy atom. The van der Waals surface area contributed by atoms with Crippen LogP contribution in [0.5, 0.6) is 5.75 Å². The lowest BCUT2D eigenvalue weighted by Crippen LogP contribution is -2.43. The molecule has 3 rings (SSSR count). The van der Waals surface area contributed by atoms with E-state index in [-0.39, 0.29) is 17.8 Å². The maximum atomic E-state index is 13.6. The van der Waals surface area contributed by atoms with Gasteiger partial charge in [-0.25, -0.2) is 4.39 Å². The number of hydrogen-bond donors (Lipinski definition) is 0. The number of morpholine rings is 1. The molecule has 5 nitrogen and oxygen atoms in total. The van der Waals surface area contributed by atoms with Crippen LogP contribution in [0.4, 0.5) is 10.1 Å². The number of rotatable bonds is 3. The Bertz CT molecular complexity index is 546. The van der Waals surface area contributed by atoms with Crippen LogP contribution >= 0.6 is 0 Å². The Labute approximate surface area is 129 Å². The Morgan fingerprint density at radius 2 is 2.05 bits per heavy atom. The van der Waals surface area contributed by atoms with Crippen molar-refractivity contribution in [3.05, 3.63) is 24.0 Å². The summed E-state index contributed by atoms with van der Waals surface area (Å²) in [5, 5.41) is 0. The monoisotopic (exact) mass is 308 g/mol. The molecule has 2 heterocycles. The third kappa shape index (κ3) is 3.39. The lowest BCUT2D eigenvalue weighted by atomic mass is 10.2. The zero-order valence-electron chi connectivity index (χ0n) is 12.8. The van der Waals surface area contributed by atoms with E-state index < -0.39 is 0 Å². The van der Waals surface area contributed by atoms with E-state index in [2.05, 4.69) is 4.90 Å². The number of amides is 1. The highest BCUT2D eigenvalue weighted by atomic mass is 19.1. The number of benzene rings is 1. The zero-order chi connectivity index (χ0) is 15.5. The number of carbonyl (C=O) groups is 1. The highest BCUT2D eigenvalue weighted by molar-refractivity contribution is 5.95. The summed E-state index contributed by atoms with van der Waals surface area (Å²) in [7, 11) is 0. The van der Waals surface area contributed by atoms with Gasteiger partial charge in [0.1, 0.15) is 17.7 Å². The summed E-state index contributed by atoms with van der Waals surface area (Å²) in [6.07, 6.45) is 0.101. The Kier molecular flexibility index (Phi) is 4.59. The summed E-state index contributed by atoms with van der Waals surface area (Å²) in [6.45, 7) is 6.32. The van der Waals surface area contributed by atoms with E-state index in [1.165, 1.54) is 12.1 Å². The molecular weight excluding hydrogens is 287 g/mol. The van der Waals surface area contributed by atoms with Crippen molar-refractivity contribution in [2.75, 3.05) is 44.3 Å². The first kappa shape index (κ1) is 15.2. The van der Waals surface area contributed by atoms with Crippen molar-refractivity contribution in [2.24, 2.45) is 0 Å². The molecule has 22 heavy (non-hydrogen) atoms. The van der Waals surface area contributed by atoms with Crippen molar-refractivity contribution < 1.29 is 18.7 Å². The van der Waals surface area contributed by atoms with Gasteiger partial charge in [0.15, 0.2) is 0 Å². The number of fused-ring (bicyclic) bond motifs is 1. The first-order chi connectivity index (χ1) is 10.6. The van der Waals surface area contributed by atoms with Gasteiger partial charge in [-0.15, -0.1) is 0 Å². The van der Waals surface area contributed by atoms with Gasteiger partial charge in [-0.1, -0.05) is 0 Å². The Balaban J connectivity index is 1.78. The second kappa shape index (κ2) is 6.62. The molecule has 0 saturated carbocycles. The van der Waals surface area contributed by atoms with Gasteiger partial charge >= 0.3 is 0 Å². The molecular formula is C16H21FN2O3. The molecule has 1 aromatic rings. The summed E-state index contributed by atoms with van der Waals surface area (Å²) in [4.78, 5) is 16.4. The van der Waals surface area contributed by atoms with Crippen LogP contribution in [0, 0.1) is 5.82 Å². The summed E-state index contributed by atoms with van der Waals surface area (Å²) in [5.74, 6) is 0.188. The smallest absolute Gasteiger partial charge is 0.230 e. The molecule has 1 amide bonds. The summed E-state index contributed by atoms with van der Waals surface area (Å²) in [5.41, 5.74) is 0.530. The number of anilines is 1. The molecule has 120 valence electrons. The minimum atomic E-state index is -0.360. The van der Waals surface area contributed by atoms with Crippen LogP contribution in [0.3, 0.4) is 0 Å². The minimum absolute atomic E-state index is 0.0230. The molecule has 0 N–H and O–H groups in total. The van der Waals surface area contributed by atoms with E-state index >= 15 is 0 Å². The highest BCUT2D eigenvalue weighted by Gasteiger charge is 2.27. The van der Waals surface area contributed by atoms with Gasteiger partial charge < -0.3 is 14.4 Å². The molecule has 1 aromatic carbocycles. The summed E-state index contributed by atoms with van der Waals surface area (Å²) in [6, 6.07) is 4.34. The lowest BCUT2D eigenvalue weighted by Gasteiger charge is -2.29. The van der Waals surface area contributed by atoms with Crippen molar-refractivity contribution >= 4 is 11.6 Å². The van der Waals surface area contributed by atoms with Gasteiger partial charge in [0, 0.05) is 32.2 Å². The highest BCUT2D eigenvalue weighted by Crippen LogP contribution is 2.33. The van der Waals surface area contributed by atoms with Gasteiger partial charge in [0.05, 0.1) is 25.3 Å². The molecule has 1 saturated heterocycles. The first-order valence-electron chi connectivity index (χ1n) is 7.70. The first-order valence-corrected chi connectivity index (χ1v) is 7.70. The quantitative estimate of drug-likeness (QED) is 0.852. The van der Waals surface area contributed by atoms with Crippen molar-refractivity contribution in [2.45, 2.75) is 19.4 Å². The Morgan fingerprint density at radius 3 is 2.82 bits per heavy atom. The summed E-state index contributed by atoms with van der Waals surface area (Å²) < 4.78 is 24.7. The number of ether oxygens (including phenoxy) is 2. The van der Waals surface area contributed by atoms with Crippen molar-refractivity contribution in [1.82, 2.24) is 4.90 Å². The molecule has 0 bridgehead atoms. The van der Waals surface area contributed by atoms with Crippen molar-refractivity contribution in [3.8, 4) is 5.75 Å². The second-order valence-electron chi connectivity index (χ2n) is 5.74. The molecule has 1 fully saturated rings. The molecule has 1 atom stereocenters. The molecule has 0 aromatic heterocycles. The molecule has 6 heteroatoms. The normalized spacial score (nSPS) is 22.9. The predicted octanol–water partition coefficient (Wildman–Crippen LogP) is 1.66. The fourth-order valence-electron chi connectivity index (χ4n) is 2.86. The minimum Gasteiger partial charge on any atom is -0.488 e.